The van der Waals surface area contributed by atoms with Crippen LogP contribution in [0.2, 0.25) is 0 Å². The number of thiophene rings is 1. The molecule has 0 saturated heterocycles. The fourth-order valence-corrected chi connectivity index (χ4v) is 2.45. The average molecular weight is 242 g/mol. The average Bonchev–Trinajstić information content (AvgIpc) is 2.98. The summed E-state index contributed by atoms with van der Waals surface area (Å²) in [6, 6.07) is 9.78. The van der Waals surface area contributed by atoms with Crippen LogP contribution in [0.15, 0.2) is 41.9 Å². The van der Waals surface area contributed by atoms with E-state index < -0.39 is 0 Å². The van der Waals surface area contributed by atoms with Crippen molar-refractivity contribution < 1.29 is 0 Å². The lowest BCUT2D eigenvalue weighted by molar-refractivity contribution is 1.11. The lowest BCUT2D eigenvalue weighted by atomic mass is 10.1. The van der Waals surface area contributed by atoms with E-state index in [-0.39, 0.29) is 0 Å². The normalized spacial score (nSPS) is 10.6. The molecular weight excluding hydrogens is 232 g/mol. The van der Waals surface area contributed by atoms with Crippen LogP contribution in [0.4, 0.5) is 5.82 Å². The molecule has 3 aromatic rings. The minimum Gasteiger partial charge on any atom is -0.382 e. The molecule has 0 atom stereocenters. The number of aromatic nitrogens is 3. The molecule has 0 spiro atoms. The lowest BCUT2D eigenvalue weighted by Gasteiger charge is -2.01. The summed E-state index contributed by atoms with van der Waals surface area (Å²) in [6.07, 6.45) is 1.75. The van der Waals surface area contributed by atoms with Gasteiger partial charge in [-0.05, 0) is 23.6 Å². The summed E-state index contributed by atoms with van der Waals surface area (Å²) in [4.78, 5) is 5.42. The van der Waals surface area contributed by atoms with E-state index in [1.54, 1.807) is 17.5 Å². The Kier molecular flexibility index (Phi) is 2.38. The second-order valence-electron chi connectivity index (χ2n) is 3.55. The highest BCUT2D eigenvalue weighted by Crippen LogP contribution is 2.35. The molecule has 3 heterocycles. The number of pyridine rings is 1. The maximum atomic E-state index is 5.90. The van der Waals surface area contributed by atoms with E-state index in [4.69, 9.17) is 5.73 Å². The molecule has 3 rings (SSSR count). The molecule has 0 fully saturated rings. The number of H-pyrrole nitrogens is 1. The van der Waals surface area contributed by atoms with E-state index in [2.05, 4.69) is 15.2 Å². The monoisotopic (exact) mass is 242 g/mol. The highest BCUT2D eigenvalue weighted by molar-refractivity contribution is 7.13. The summed E-state index contributed by atoms with van der Waals surface area (Å²) >= 11 is 1.64. The molecule has 0 saturated carbocycles. The van der Waals surface area contributed by atoms with Crippen LogP contribution in [0, 0.1) is 0 Å². The van der Waals surface area contributed by atoms with Crippen molar-refractivity contribution >= 4 is 17.2 Å². The number of hydrogen-bond acceptors (Lipinski definition) is 4. The summed E-state index contributed by atoms with van der Waals surface area (Å²) in [5, 5.41) is 9.06. The van der Waals surface area contributed by atoms with Crippen LogP contribution in [-0.2, 0) is 0 Å². The van der Waals surface area contributed by atoms with Crippen LogP contribution in [0.3, 0.4) is 0 Å². The first kappa shape index (κ1) is 10.0. The van der Waals surface area contributed by atoms with Crippen LogP contribution in [0.25, 0.3) is 21.8 Å². The highest BCUT2D eigenvalue weighted by atomic mass is 32.1. The van der Waals surface area contributed by atoms with E-state index in [1.807, 2.05) is 35.7 Å². The molecule has 0 aliphatic heterocycles. The van der Waals surface area contributed by atoms with Crippen molar-refractivity contribution in [2.45, 2.75) is 0 Å². The predicted octanol–water partition coefficient (Wildman–Crippen LogP) is 2.78. The Bertz CT molecular complexity index is 613. The standard InChI is InChI=1S/C12H10N4S/c13-12-10(8-4-1-2-6-14-8)11(15-16-12)9-5-3-7-17-9/h1-7H,(H3,13,15,16). The first-order chi connectivity index (χ1) is 8.36. The van der Waals surface area contributed by atoms with E-state index in [1.165, 1.54) is 0 Å². The Morgan fingerprint density at radius 3 is 2.82 bits per heavy atom. The summed E-state index contributed by atoms with van der Waals surface area (Å²) in [5.74, 6) is 0.479. The van der Waals surface area contributed by atoms with Crippen LogP contribution >= 0.6 is 11.3 Å². The van der Waals surface area contributed by atoms with E-state index in [0.717, 1.165) is 21.8 Å². The SMILES string of the molecule is Nc1n[nH]c(-c2cccs2)c1-c1ccccn1. The lowest BCUT2D eigenvalue weighted by Crippen LogP contribution is -1.90. The summed E-state index contributed by atoms with van der Waals surface area (Å²) in [5.41, 5.74) is 8.53. The van der Waals surface area contributed by atoms with E-state index in [0.29, 0.717) is 5.82 Å². The van der Waals surface area contributed by atoms with Crippen molar-refractivity contribution in [1.29, 1.82) is 0 Å². The first-order valence-electron chi connectivity index (χ1n) is 5.15. The number of aromatic amines is 1. The molecule has 0 radical (unpaired) electrons. The van der Waals surface area contributed by atoms with Crippen LogP contribution in [0.1, 0.15) is 0 Å². The van der Waals surface area contributed by atoms with Crippen molar-refractivity contribution in [3.63, 3.8) is 0 Å². The zero-order valence-corrected chi connectivity index (χ0v) is 9.74. The van der Waals surface area contributed by atoms with Crippen molar-refractivity contribution in [3.8, 4) is 21.8 Å². The molecule has 17 heavy (non-hydrogen) atoms. The summed E-state index contributed by atoms with van der Waals surface area (Å²) in [7, 11) is 0. The maximum Gasteiger partial charge on any atom is 0.155 e. The molecule has 0 bridgehead atoms. The smallest absolute Gasteiger partial charge is 0.155 e. The zero-order chi connectivity index (χ0) is 11.7. The molecule has 3 N–H and O–H groups in total. The van der Waals surface area contributed by atoms with Crippen molar-refractivity contribution in [2.75, 3.05) is 5.73 Å². The maximum absolute atomic E-state index is 5.90. The third-order valence-electron chi connectivity index (χ3n) is 2.48. The molecule has 5 heteroatoms. The number of nitrogen functional groups attached to an aromatic ring is 1. The Balaban J connectivity index is 2.20. The second-order valence-corrected chi connectivity index (χ2v) is 4.50. The Morgan fingerprint density at radius 1 is 1.18 bits per heavy atom. The number of nitrogens with zero attached hydrogens (tertiary/aromatic N) is 2. The van der Waals surface area contributed by atoms with Gasteiger partial charge < -0.3 is 5.73 Å². The fourth-order valence-electron chi connectivity index (χ4n) is 1.73. The number of rotatable bonds is 2. The van der Waals surface area contributed by atoms with Gasteiger partial charge in [0.15, 0.2) is 5.82 Å². The molecule has 0 amide bonds. The Hall–Kier alpha value is -2.14. The van der Waals surface area contributed by atoms with Crippen LogP contribution in [-0.4, -0.2) is 15.2 Å². The minimum atomic E-state index is 0.479. The highest BCUT2D eigenvalue weighted by Gasteiger charge is 2.15. The molecule has 0 aliphatic carbocycles. The largest absolute Gasteiger partial charge is 0.382 e. The molecule has 84 valence electrons. The van der Waals surface area contributed by atoms with Gasteiger partial charge in [0.1, 0.15) is 0 Å². The zero-order valence-electron chi connectivity index (χ0n) is 8.92. The molecular formula is C12H10N4S. The van der Waals surface area contributed by atoms with Crippen molar-refractivity contribution in [2.24, 2.45) is 0 Å². The second kappa shape index (κ2) is 4.03. The van der Waals surface area contributed by atoms with Crippen LogP contribution < -0.4 is 5.73 Å². The third-order valence-corrected chi connectivity index (χ3v) is 3.37. The Labute approximate surface area is 102 Å². The van der Waals surface area contributed by atoms with Gasteiger partial charge in [-0.25, -0.2) is 0 Å². The number of nitrogens with two attached hydrogens (primary N) is 1. The third kappa shape index (κ3) is 1.70. The van der Waals surface area contributed by atoms with Crippen molar-refractivity contribution in [3.05, 3.63) is 41.9 Å². The van der Waals surface area contributed by atoms with E-state index >= 15 is 0 Å². The van der Waals surface area contributed by atoms with Gasteiger partial charge in [-0.1, -0.05) is 12.1 Å². The molecule has 0 aliphatic rings. The number of hydrogen-bond donors (Lipinski definition) is 2. The van der Waals surface area contributed by atoms with Gasteiger partial charge in [-0.15, -0.1) is 11.3 Å². The molecule has 0 aromatic carbocycles. The minimum absolute atomic E-state index is 0.479. The summed E-state index contributed by atoms with van der Waals surface area (Å²) < 4.78 is 0. The van der Waals surface area contributed by atoms with Gasteiger partial charge in [0.25, 0.3) is 0 Å². The van der Waals surface area contributed by atoms with E-state index in [9.17, 15) is 0 Å². The Morgan fingerprint density at radius 2 is 2.12 bits per heavy atom. The summed E-state index contributed by atoms with van der Waals surface area (Å²) in [6.45, 7) is 0. The molecule has 0 unspecified atom stereocenters. The van der Waals surface area contributed by atoms with Gasteiger partial charge in [-0.2, -0.15) is 5.10 Å². The van der Waals surface area contributed by atoms with Gasteiger partial charge in [0.05, 0.1) is 21.8 Å². The van der Waals surface area contributed by atoms with Gasteiger partial charge in [0, 0.05) is 6.20 Å². The quantitative estimate of drug-likeness (QED) is 0.726. The fraction of sp³-hybridized carbons (Fsp3) is 0. The number of anilines is 1. The topological polar surface area (TPSA) is 67.6 Å². The van der Waals surface area contributed by atoms with Gasteiger partial charge in [-0.3, -0.25) is 10.1 Å². The van der Waals surface area contributed by atoms with Crippen LogP contribution in [0.5, 0.6) is 0 Å². The van der Waals surface area contributed by atoms with Gasteiger partial charge >= 0.3 is 0 Å². The van der Waals surface area contributed by atoms with Gasteiger partial charge in [0.2, 0.25) is 0 Å². The number of nitrogens with one attached hydrogen (secondary N) is 1. The first-order valence-corrected chi connectivity index (χ1v) is 6.03. The molecule has 3 aromatic heterocycles. The molecule has 4 nitrogen and oxygen atoms in total. The predicted molar refractivity (Wildman–Crippen MR) is 69.5 cm³/mol. The van der Waals surface area contributed by atoms with Crippen molar-refractivity contribution in [1.82, 2.24) is 15.2 Å².